The number of ether oxygens (including phenoxy) is 2. The fourth-order valence-corrected chi connectivity index (χ4v) is 2.13. The number of carbonyl (C=O) groups excluding carboxylic acids is 4. The Kier molecular flexibility index (Phi) is 15.0. The van der Waals surface area contributed by atoms with Gasteiger partial charge in [-0.25, -0.2) is 0 Å². The Balaban J connectivity index is 3.42. The molecule has 0 saturated heterocycles. The van der Waals surface area contributed by atoms with Gasteiger partial charge in [-0.2, -0.15) is 0 Å². The molecule has 0 fully saturated rings. The second-order valence-electron chi connectivity index (χ2n) is 5.72. The van der Waals surface area contributed by atoms with E-state index in [4.69, 9.17) is 9.47 Å². The average Bonchev–Trinajstić information content (AvgIpc) is 2.61. The van der Waals surface area contributed by atoms with Crippen molar-refractivity contribution in [3.63, 3.8) is 0 Å². The lowest BCUT2D eigenvalue weighted by Gasteiger charge is -2.06. The third-order valence-corrected chi connectivity index (χ3v) is 3.47. The van der Waals surface area contributed by atoms with Crippen LogP contribution in [0.3, 0.4) is 0 Å². The van der Waals surface area contributed by atoms with Gasteiger partial charge >= 0.3 is 11.9 Å². The smallest absolute Gasteiger partial charge is 0.306 e. The fraction of sp³-hybridized carbons (Fsp3) is 0.778. The van der Waals surface area contributed by atoms with Crippen LogP contribution in [0.1, 0.15) is 65.2 Å². The molecule has 0 aliphatic carbocycles. The SMILES string of the molecule is CCOC(=O)CCC(=O)NCCCCCCNC(=O)CCC(=O)OCC. The van der Waals surface area contributed by atoms with Crippen LogP contribution in [0.5, 0.6) is 0 Å². The maximum Gasteiger partial charge on any atom is 0.306 e. The van der Waals surface area contributed by atoms with Gasteiger partial charge in [-0.3, -0.25) is 19.2 Å². The van der Waals surface area contributed by atoms with Crippen LogP contribution in [0.25, 0.3) is 0 Å². The first-order chi connectivity index (χ1) is 12.5. The van der Waals surface area contributed by atoms with Gasteiger partial charge in [0.25, 0.3) is 0 Å². The largest absolute Gasteiger partial charge is 0.466 e. The van der Waals surface area contributed by atoms with Crippen LogP contribution in [-0.4, -0.2) is 50.1 Å². The van der Waals surface area contributed by atoms with E-state index in [1.165, 1.54) is 0 Å². The van der Waals surface area contributed by atoms with E-state index >= 15 is 0 Å². The number of hydrogen-bond acceptors (Lipinski definition) is 6. The van der Waals surface area contributed by atoms with E-state index in [1.54, 1.807) is 13.8 Å². The molecule has 0 rings (SSSR count). The van der Waals surface area contributed by atoms with Gasteiger partial charge in [0, 0.05) is 25.9 Å². The van der Waals surface area contributed by atoms with Crippen molar-refractivity contribution in [2.75, 3.05) is 26.3 Å². The quantitative estimate of drug-likeness (QED) is 0.333. The maximum absolute atomic E-state index is 11.5. The molecule has 0 heterocycles. The molecule has 150 valence electrons. The van der Waals surface area contributed by atoms with Gasteiger partial charge in [-0.05, 0) is 26.7 Å². The molecule has 0 aromatic rings. The van der Waals surface area contributed by atoms with Gasteiger partial charge in [0.05, 0.1) is 26.1 Å². The number of unbranched alkanes of at least 4 members (excludes halogenated alkanes) is 3. The summed E-state index contributed by atoms with van der Waals surface area (Å²) in [5, 5.41) is 5.53. The third kappa shape index (κ3) is 15.4. The number of amides is 2. The molecule has 0 bridgehead atoms. The predicted octanol–water partition coefficient (Wildman–Crippen LogP) is 1.47. The lowest BCUT2D eigenvalue weighted by atomic mass is 10.2. The van der Waals surface area contributed by atoms with Crippen LogP contribution in [0.2, 0.25) is 0 Å². The predicted molar refractivity (Wildman–Crippen MR) is 96.2 cm³/mol. The molecule has 8 heteroatoms. The monoisotopic (exact) mass is 372 g/mol. The molecule has 0 saturated carbocycles. The Morgan fingerprint density at radius 3 is 1.35 bits per heavy atom. The highest BCUT2D eigenvalue weighted by molar-refractivity contribution is 5.81. The standard InChI is InChI=1S/C18H32N2O6/c1-3-25-17(23)11-9-15(21)19-13-7-5-6-8-14-20-16(22)10-12-18(24)26-4-2/h3-14H2,1-2H3,(H,19,21)(H,20,22). The van der Waals surface area contributed by atoms with Gasteiger partial charge in [0.15, 0.2) is 0 Å². The number of rotatable bonds is 15. The Morgan fingerprint density at radius 2 is 1.00 bits per heavy atom. The summed E-state index contributed by atoms with van der Waals surface area (Å²) in [4.78, 5) is 45.3. The first-order valence-corrected chi connectivity index (χ1v) is 9.34. The van der Waals surface area contributed by atoms with Crippen LogP contribution < -0.4 is 10.6 Å². The summed E-state index contributed by atoms with van der Waals surface area (Å²) in [7, 11) is 0. The van der Waals surface area contributed by atoms with E-state index in [1.807, 2.05) is 0 Å². The highest BCUT2D eigenvalue weighted by Gasteiger charge is 2.07. The minimum Gasteiger partial charge on any atom is -0.466 e. The van der Waals surface area contributed by atoms with Crippen LogP contribution in [0.4, 0.5) is 0 Å². The first-order valence-electron chi connectivity index (χ1n) is 9.34. The van der Waals surface area contributed by atoms with Gasteiger partial charge in [0.1, 0.15) is 0 Å². The molecule has 2 N–H and O–H groups in total. The minimum absolute atomic E-state index is 0.107. The molecular formula is C18H32N2O6. The molecular weight excluding hydrogens is 340 g/mol. The summed E-state index contributed by atoms with van der Waals surface area (Å²) in [6.45, 7) is 5.26. The zero-order chi connectivity index (χ0) is 19.6. The van der Waals surface area contributed by atoms with Crippen molar-refractivity contribution in [2.45, 2.75) is 65.2 Å². The fourth-order valence-electron chi connectivity index (χ4n) is 2.13. The number of nitrogens with one attached hydrogen (secondary N) is 2. The second kappa shape index (κ2) is 16.4. The summed E-state index contributed by atoms with van der Waals surface area (Å²) in [6, 6.07) is 0. The summed E-state index contributed by atoms with van der Waals surface area (Å²) in [6.07, 6.45) is 4.09. The molecule has 0 spiro atoms. The Bertz CT molecular complexity index is 399. The molecule has 26 heavy (non-hydrogen) atoms. The van der Waals surface area contributed by atoms with Gasteiger partial charge in [0.2, 0.25) is 11.8 Å². The molecule has 0 unspecified atom stereocenters. The Morgan fingerprint density at radius 1 is 0.615 bits per heavy atom. The van der Waals surface area contributed by atoms with E-state index in [9.17, 15) is 19.2 Å². The van der Waals surface area contributed by atoms with Crippen molar-refractivity contribution in [3.8, 4) is 0 Å². The summed E-state index contributed by atoms with van der Waals surface area (Å²) >= 11 is 0. The summed E-state index contributed by atoms with van der Waals surface area (Å²) in [5.41, 5.74) is 0. The van der Waals surface area contributed by atoms with Crippen LogP contribution in [-0.2, 0) is 28.7 Å². The lowest BCUT2D eigenvalue weighted by molar-refractivity contribution is -0.145. The first kappa shape index (κ1) is 23.9. The molecule has 2 amide bonds. The summed E-state index contributed by atoms with van der Waals surface area (Å²) < 4.78 is 9.51. The highest BCUT2D eigenvalue weighted by atomic mass is 16.5. The van der Waals surface area contributed by atoms with Crippen LogP contribution >= 0.6 is 0 Å². The molecule has 8 nitrogen and oxygen atoms in total. The Hall–Kier alpha value is -2.12. The molecule has 0 aliphatic heterocycles. The molecule has 0 aromatic heterocycles. The van der Waals surface area contributed by atoms with Gasteiger partial charge in [-0.15, -0.1) is 0 Å². The average molecular weight is 372 g/mol. The molecule has 0 radical (unpaired) electrons. The third-order valence-electron chi connectivity index (χ3n) is 3.47. The minimum atomic E-state index is -0.355. The van der Waals surface area contributed by atoms with Crippen molar-refractivity contribution in [1.82, 2.24) is 10.6 Å². The lowest BCUT2D eigenvalue weighted by Crippen LogP contribution is -2.25. The topological polar surface area (TPSA) is 111 Å². The van der Waals surface area contributed by atoms with Crippen molar-refractivity contribution in [3.05, 3.63) is 0 Å². The molecule has 0 aliphatic rings. The zero-order valence-corrected chi connectivity index (χ0v) is 15.9. The van der Waals surface area contributed by atoms with Crippen LogP contribution in [0, 0.1) is 0 Å². The molecule has 0 aromatic carbocycles. The number of carbonyl (C=O) groups is 4. The van der Waals surface area contributed by atoms with E-state index in [0.717, 1.165) is 25.7 Å². The summed E-state index contributed by atoms with van der Waals surface area (Å²) in [5.74, 6) is -1.00. The van der Waals surface area contributed by atoms with Crippen molar-refractivity contribution >= 4 is 23.8 Å². The second-order valence-corrected chi connectivity index (χ2v) is 5.72. The van der Waals surface area contributed by atoms with E-state index < -0.39 is 0 Å². The van der Waals surface area contributed by atoms with E-state index in [0.29, 0.717) is 26.3 Å². The number of esters is 2. The Labute approximate surface area is 155 Å². The van der Waals surface area contributed by atoms with Gasteiger partial charge in [-0.1, -0.05) is 12.8 Å². The number of hydrogen-bond donors (Lipinski definition) is 2. The van der Waals surface area contributed by atoms with Crippen molar-refractivity contribution in [2.24, 2.45) is 0 Å². The molecule has 0 atom stereocenters. The highest BCUT2D eigenvalue weighted by Crippen LogP contribution is 1.99. The maximum atomic E-state index is 11.5. The normalized spacial score (nSPS) is 10.1. The van der Waals surface area contributed by atoms with Gasteiger partial charge < -0.3 is 20.1 Å². The van der Waals surface area contributed by atoms with Crippen molar-refractivity contribution in [1.29, 1.82) is 0 Å². The van der Waals surface area contributed by atoms with E-state index in [2.05, 4.69) is 10.6 Å². The van der Waals surface area contributed by atoms with Crippen LogP contribution in [0.15, 0.2) is 0 Å². The zero-order valence-electron chi connectivity index (χ0n) is 15.9. The van der Waals surface area contributed by atoms with Crippen molar-refractivity contribution < 1.29 is 28.7 Å². The van der Waals surface area contributed by atoms with E-state index in [-0.39, 0.29) is 49.4 Å².